The van der Waals surface area contributed by atoms with Crippen molar-refractivity contribution in [2.45, 2.75) is 12.7 Å². The average Bonchev–Trinajstić information content (AvgIpc) is 3.09. The second-order valence-corrected chi connectivity index (χ2v) is 8.94. The van der Waals surface area contributed by atoms with Crippen molar-refractivity contribution in [3.05, 3.63) is 78.5 Å². The van der Waals surface area contributed by atoms with E-state index in [1.54, 1.807) is 18.2 Å². The van der Waals surface area contributed by atoms with Crippen molar-refractivity contribution in [2.24, 2.45) is 0 Å². The molecule has 30 heavy (non-hydrogen) atoms. The first-order valence-corrected chi connectivity index (χ1v) is 10.4. The number of halogens is 5. The smallest absolute Gasteiger partial charge is 0.416 e. The summed E-state index contributed by atoms with van der Waals surface area (Å²) in [5.41, 5.74) is -1.54. The van der Waals surface area contributed by atoms with Gasteiger partial charge in [0.2, 0.25) is 0 Å². The largest absolute Gasteiger partial charge is 0.477 e. The number of nitrogens with zero attached hydrogens (tertiary/aromatic N) is 3. The molecular weight excluding hydrogens is 507 g/mol. The lowest BCUT2D eigenvalue weighted by Crippen LogP contribution is -2.43. The first kappa shape index (κ1) is 20.8. The molecule has 5 nitrogen and oxygen atoms in total. The van der Waals surface area contributed by atoms with Crippen LogP contribution in [0.1, 0.15) is 10.4 Å². The van der Waals surface area contributed by atoms with E-state index in [4.69, 9.17) is 11.6 Å². The van der Waals surface area contributed by atoms with Crippen molar-refractivity contribution >= 4 is 44.5 Å². The Morgan fingerprint density at radius 2 is 2.03 bits per heavy atom. The Hall–Kier alpha value is -2.43. The van der Waals surface area contributed by atoms with Gasteiger partial charge < -0.3 is 5.11 Å². The highest BCUT2D eigenvalue weighted by Crippen LogP contribution is 2.36. The maximum atomic E-state index is 13.3. The summed E-state index contributed by atoms with van der Waals surface area (Å²) < 4.78 is 43.0. The molecule has 0 unspecified atom stereocenters. The van der Waals surface area contributed by atoms with Crippen LogP contribution in [0, 0.1) is 0 Å². The molecule has 0 fully saturated rings. The van der Waals surface area contributed by atoms with Crippen molar-refractivity contribution in [2.75, 3.05) is 0 Å². The topological polar surface area (TPSA) is 59.2 Å². The number of benzene rings is 1. The molecule has 0 amide bonds. The van der Waals surface area contributed by atoms with Crippen LogP contribution in [0.3, 0.4) is 0 Å². The van der Waals surface area contributed by atoms with Crippen LogP contribution in [-0.4, -0.2) is 14.7 Å². The van der Waals surface area contributed by atoms with Gasteiger partial charge in [0.25, 0.3) is 11.5 Å². The Morgan fingerprint density at radius 3 is 2.70 bits per heavy atom. The van der Waals surface area contributed by atoms with Crippen molar-refractivity contribution in [3.63, 3.8) is 0 Å². The summed E-state index contributed by atoms with van der Waals surface area (Å²) in [6.07, 6.45) is -1.60. The molecule has 11 heteroatoms. The second-order valence-electron chi connectivity index (χ2n) is 6.32. The number of alkyl halides is 3. The van der Waals surface area contributed by atoms with Crippen molar-refractivity contribution < 1.29 is 22.7 Å². The highest BCUT2D eigenvalue weighted by Gasteiger charge is 2.33. The summed E-state index contributed by atoms with van der Waals surface area (Å²) in [6.45, 7) is 0.122. The minimum atomic E-state index is -4.61. The van der Waals surface area contributed by atoms with E-state index in [9.17, 15) is 23.1 Å². The summed E-state index contributed by atoms with van der Waals surface area (Å²) in [6, 6.07) is 8.03. The molecule has 3 aromatic heterocycles. The molecule has 1 aromatic carbocycles. The number of hydrogen-bond acceptors (Lipinski definition) is 4. The van der Waals surface area contributed by atoms with Gasteiger partial charge in [-0.2, -0.15) is 22.1 Å². The molecule has 0 saturated heterocycles. The SMILES string of the molecule is O=c1c(-c2cc(Br)cc(C(F)(F)F)c2)c(O)n(Cc2cnc(Cl)s2)c2cccc[n+]12. The molecule has 4 aromatic rings. The van der Waals surface area contributed by atoms with Crippen molar-refractivity contribution in [1.82, 2.24) is 9.55 Å². The van der Waals surface area contributed by atoms with E-state index in [0.29, 0.717) is 15.0 Å². The van der Waals surface area contributed by atoms with Crippen molar-refractivity contribution in [1.29, 1.82) is 0 Å². The molecule has 1 N–H and O–H groups in total. The van der Waals surface area contributed by atoms with Gasteiger partial charge in [-0.15, -0.1) is 11.3 Å². The van der Waals surface area contributed by atoms with Crippen LogP contribution in [-0.2, 0) is 12.7 Å². The van der Waals surface area contributed by atoms with Gasteiger partial charge in [0.1, 0.15) is 6.54 Å². The Kier molecular flexibility index (Phi) is 5.33. The molecule has 0 aliphatic heterocycles. The lowest BCUT2D eigenvalue weighted by molar-refractivity contribution is -0.532. The van der Waals surface area contributed by atoms with Crippen LogP contribution >= 0.6 is 38.9 Å². The highest BCUT2D eigenvalue weighted by atomic mass is 79.9. The van der Waals surface area contributed by atoms with Gasteiger partial charge in [0.15, 0.2) is 10.0 Å². The fraction of sp³-hybridized carbons (Fsp3) is 0.105. The van der Waals surface area contributed by atoms with Crippen LogP contribution < -0.4 is 9.96 Å². The Labute approximate surface area is 184 Å². The average molecular weight is 518 g/mol. The zero-order valence-electron chi connectivity index (χ0n) is 14.8. The molecule has 154 valence electrons. The zero-order chi connectivity index (χ0) is 21.6. The van der Waals surface area contributed by atoms with Gasteiger partial charge in [-0.05, 0) is 29.8 Å². The molecule has 0 atom stereocenters. The molecule has 0 saturated carbocycles. The van der Waals surface area contributed by atoms with E-state index in [-0.39, 0.29) is 22.1 Å². The lowest BCUT2D eigenvalue weighted by Gasteiger charge is -2.12. The lowest BCUT2D eigenvalue weighted by atomic mass is 10.0. The van der Waals surface area contributed by atoms with Crippen LogP contribution in [0.2, 0.25) is 4.47 Å². The second kappa shape index (κ2) is 7.68. The molecular formula is C19H11BrClF3N3O2S+. The van der Waals surface area contributed by atoms with Crippen LogP contribution in [0.4, 0.5) is 13.2 Å². The third-order valence-corrected chi connectivity index (χ3v) is 5.94. The van der Waals surface area contributed by atoms with Crippen molar-refractivity contribution in [3.8, 4) is 17.0 Å². The number of hydrogen-bond donors (Lipinski definition) is 1. The maximum Gasteiger partial charge on any atom is 0.416 e. The monoisotopic (exact) mass is 516 g/mol. The van der Waals surface area contributed by atoms with Gasteiger partial charge in [-0.1, -0.05) is 33.6 Å². The predicted octanol–water partition coefficient (Wildman–Crippen LogP) is 4.90. The maximum absolute atomic E-state index is 13.3. The minimum absolute atomic E-state index is 0.0615. The van der Waals surface area contributed by atoms with Gasteiger partial charge in [-0.25, -0.2) is 9.78 Å². The Balaban J connectivity index is 2.02. The molecule has 0 bridgehead atoms. The van der Waals surface area contributed by atoms with Crippen LogP contribution in [0.5, 0.6) is 5.88 Å². The normalized spacial score (nSPS) is 11.9. The Morgan fingerprint density at radius 1 is 1.27 bits per heavy atom. The quantitative estimate of drug-likeness (QED) is 0.393. The minimum Gasteiger partial charge on any atom is -0.477 e. The fourth-order valence-corrected chi connectivity index (χ4v) is 4.56. The van der Waals surface area contributed by atoms with Crippen LogP contribution in [0.25, 0.3) is 16.8 Å². The molecule has 3 heterocycles. The number of pyridine rings is 1. The van der Waals surface area contributed by atoms with E-state index < -0.39 is 23.2 Å². The third kappa shape index (κ3) is 3.82. The summed E-state index contributed by atoms with van der Waals surface area (Å²) in [5, 5.41) is 11.0. The summed E-state index contributed by atoms with van der Waals surface area (Å²) in [5.74, 6) is -0.457. The number of aromatic hydroxyl groups is 1. The zero-order valence-corrected chi connectivity index (χ0v) is 18.0. The van der Waals surface area contributed by atoms with Gasteiger partial charge in [0, 0.05) is 16.7 Å². The van der Waals surface area contributed by atoms with E-state index >= 15 is 0 Å². The fourth-order valence-electron chi connectivity index (χ4n) is 3.10. The van der Waals surface area contributed by atoms with Gasteiger partial charge in [-0.3, -0.25) is 0 Å². The molecule has 0 aliphatic rings. The molecule has 0 spiro atoms. The van der Waals surface area contributed by atoms with E-state index in [1.807, 2.05) is 0 Å². The summed E-state index contributed by atoms with van der Waals surface area (Å²) >= 11 is 10.1. The number of thiazole rings is 1. The van der Waals surface area contributed by atoms with Gasteiger partial charge in [0.05, 0.1) is 16.6 Å². The molecule has 0 aliphatic carbocycles. The third-order valence-electron chi connectivity index (χ3n) is 4.38. The number of fused-ring (bicyclic) bond motifs is 1. The molecule has 0 radical (unpaired) electrons. The highest BCUT2D eigenvalue weighted by molar-refractivity contribution is 9.10. The Bertz CT molecular complexity index is 1340. The van der Waals surface area contributed by atoms with E-state index in [2.05, 4.69) is 20.9 Å². The predicted molar refractivity (Wildman–Crippen MR) is 110 cm³/mol. The van der Waals surface area contributed by atoms with Crippen LogP contribution in [0.15, 0.2) is 58.1 Å². The summed E-state index contributed by atoms with van der Waals surface area (Å²) in [4.78, 5) is 17.7. The first-order valence-electron chi connectivity index (χ1n) is 8.39. The standard InChI is InChI=1S/C19H10BrClF3N3O2S/c20-12-6-10(5-11(7-12)19(22,23)24)15-16(28)26-4-2-1-3-14(26)27(17(15)29)9-13-8-25-18(21)30-13/h1-8H,9H2/p+1. The number of aromatic nitrogens is 3. The van der Waals surface area contributed by atoms with Gasteiger partial charge >= 0.3 is 11.7 Å². The van der Waals surface area contributed by atoms with E-state index in [1.165, 1.54) is 38.8 Å². The number of rotatable bonds is 3. The summed E-state index contributed by atoms with van der Waals surface area (Å²) in [7, 11) is 0. The molecule has 4 rings (SSSR count). The van der Waals surface area contributed by atoms with E-state index in [0.717, 1.165) is 12.1 Å². The first-order chi connectivity index (χ1) is 14.1.